The predicted octanol–water partition coefficient (Wildman–Crippen LogP) is 2.06. The van der Waals surface area contributed by atoms with Crippen LogP contribution in [0.25, 0.3) is 0 Å². The molecule has 1 unspecified atom stereocenters. The van der Waals surface area contributed by atoms with Crippen molar-refractivity contribution in [2.75, 3.05) is 0 Å². The van der Waals surface area contributed by atoms with E-state index < -0.39 is 25.9 Å². The van der Waals surface area contributed by atoms with E-state index in [2.05, 4.69) is 6.58 Å². The van der Waals surface area contributed by atoms with Crippen LogP contribution in [0.15, 0.2) is 12.7 Å². The molecule has 0 aromatic carbocycles. The molecule has 0 fully saturated rings. The highest BCUT2D eigenvalue weighted by atomic mass is 31.2. The summed E-state index contributed by atoms with van der Waals surface area (Å²) in [5.41, 5.74) is -2.57. The van der Waals surface area contributed by atoms with Gasteiger partial charge in [-0.25, -0.2) is 0 Å². The Morgan fingerprint density at radius 2 is 1.92 bits per heavy atom. The van der Waals surface area contributed by atoms with Crippen molar-refractivity contribution < 1.29 is 27.5 Å². The zero-order valence-corrected chi connectivity index (χ0v) is 7.55. The molecule has 1 atom stereocenters. The second-order valence-electron chi connectivity index (χ2n) is 2.51. The summed E-state index contributed by atoms with van der Waals surface area (Å²) in [4.78, 5) is 16.8. The summed E-state index contributed by atoms with van der Waals surface area (Å²) in [7, 11) is -5.10. The maximum atomic E-state index is 12.0. The van der Waals surface area contributed by atoms with E-state index >= 15 is 0 Å². The maximum absolute atomic E-state index is 12.0. The van der Waals surface area contributed by atoms with Crippen molar-refractivity contribution in [2.45, 2.75) is 24.7 Å². The van der Waals surface area contributed by atoms with E-state index in [9.17, 15) is 17.7 Å². The van der Waals surface area contributed by atoms with Gasteiger partial charge >= 0.3 is 13.8 Å². The molecular weight excluding hydrogens is 208 g/mol. The lowest BCUT2D eigenvalue weighted by Crippen LogP contribution is -2.28. The Balaban J connectivity index is 4.57. The summed E-state index contributed by atoms with van der Waals surface area (Å²) in [6.07, 6.45) is -4.37. The molecule has 0 saturated carbocycles. The van der Waals surface area contributed by atoms with Crippen LogP contribution in [0.1, 0.15) is 12.8 Å². The van der Waals surface area contributed by atoms with Crippen LogP contribution in [-0.2, 0) is 4.57 Å². The lowest BCUT2D eigenvalue weighted by Gasteiger charge is -2.20. The normalized spacial score (nSPS) is 15.5. The number of hydrogen-bond donors (Lipinski definition) is 2. The Bertz CT molecular complexity index is 220. The topological polar surface area (TPSA) is 57.5 Å². The van der Waals surface area contributed by atoms with Gasteiger partial charge in [-0.15, -0.1) is 6.58 Å². The molecule has 2 N–H and O–H groups in total. The number of allylic oxidation sites excluding steroid dienone is 1. The minimum Gasteiger partial charge on any atom is -0.324 e. The summed E-state index contributed by atoms with van der Waals surface area (Å²) in [6, 6.07) is 0. The number of halogens is 3. The third-order valence-corrected chi connectivity index (χ3v) is 2.79. The average Bonchev–Trinajstić information content (AvgIpc) is 1.81. The summed E-state index contributed by atoms with van der Waals surface area (Å²) in [5, 5.41) is 0. The number of rotatable bonds is 4. The number of alkyl halides is 3. The van der Waals surface area contributed by atoms with Crippen LogP contribution in [0.5, 0.6) is 0 Å². The third kappa shape index (κ3) is 4.45. The molecule has 0 radical (unpaired) electrons. The van der Waals surface area contributed by atoms with Gasteiger partial charge < -0.3 is 9.79 Å². The molecule has 0 spiro atoms. The fraction of sp³-hybridized carbons (Fsp3) is 0.667. The third-order valence-electron chi connectivity index (χ3n) is 1.43. The first-order chi connectivity index (χ1) is 5.69. The Kier molecular flexibility index (Phi) is 4.16. The Hall–Kier alpha value is -0.320. The van der Waals surface area contributed by atoms with Gasteiger partial charge in [-0.1, -0.05) is 6.08 Å². The largest absolute Gasteiger partial charge is 0.403 e. The molecule has 0 aliphatic carbocycles. The first kappa shape index (κ1) is 12.7. The van der Waals surface area contributed by atoms with Crippen molar-refractivity contribution in [3.8, 4) is 0 Å². The van der Waals surface area contributed by atoms with E-state index in [1.54, 1.807) is 0 Å². The van der Waals surface area contributed by atoms with Crippen LogP contribution in [0.2, 0.25) is 0 Å². The van der Waals surface area contributed by atoms with E-state index in [0.29, 0.717) is 0 Å². The molecule has 7 heteroatoms. The second-order valence-corrected chi connectivity index (χ2v) is 4.31. The molecule has 0 amide bonds. The predicted molar refractivity (Wildman–Crippen MR) is 41.3 cm³/mol. The quantitative estimate of drug-likeness (QED) is 0.560. The van der Waals surface area contributed by atoms with Crippen molar-refractivity contribution in [2.24, 2.45) is 0 Å². The fourth-order valence-corrected chi connectivity index (χ4v) is 1.67. The van der Waals surface area contributed by atoms with Crippen LogP contribution in [-0.4, -0.2) is 21.6 Å². The van der Waals surface area contributed by atoms with Crippen molar-refractivity contribution in [1.29, 1.82) is 0 Å². The highest BCUT2D eigenvalue weighted by Crippen LogP contribution is 2.51. The van der Waals surface area contributed by atoms with Gasteiger partial charge in [0.2, 0.25) is 0 Å². The van der Waals surface area contributed by atoms with Crippen LogP contribution in [0, 0.1) is 0 Å². The lowest BCUT2D eigenvalue weighted by molar-refractivity contribution is -0.135. The molecule has 78 valence electrons. The molecule has 13 heavy (non-hydrogen) atoms. The highest BCUT2D eigenvalue weighted by Gasteiger charge is 2.49. The first-order valence-electron chi connectivity index (χ1n) is 3.42. The molecule has 0 aromatic heterocycles. The molecule has 0 aliphatic rings. The van der Waals surface area contributed by atoms with E-state index in [0.717, 1.165) is 0 Å². The fourth-order valence-electron chi connectivity index (χ4n) is 0.798. The van der Waals surface area contributed by atoms with Gasteiger partial charge in [0.05, 0.1) is 0 Å². The molecule has 0 aromatic rings. The Morgan fingerprint density at radius 1 is 1.46 bits per heavy atom. The van der Waals surface area contributed by atoms with Gasteiger partial charge in [0.1, 0.15) is 0 Å². The molecule has 0 bridgehead atoms. The lowest BCUT2D eigenvalue weighted by atomic mass is 10.2. The Labute approximate surface area is 73.4 Å². The zero-order chi connectivity index (χ0) is 10.7. The first-order valence-corrected chi connectivity index (χ1v) is 5.10. The molecule has 0 rings (SSSR count). The van der Waals surface area contributed by atoms with Gasteiger partial charge in [-0.3, -0.25) is 4.57 Å². The molecule has 3 nitrogen and oxygen atoms in total. The molecule has 0 saturated heterocycles. The van der Waals surface area contributed by atoms with Gasteiger partial charge in [-0.2, -0.15) is 13.2 Å². The van der Waals surface area contributed by atoms with E-state index in [1.807, 2.05) is 0 Å². The monoisotopic (exact) mass is 218 g/mol. The molecular formula is C6H10F3O3P. The average molecular weight is 218 g/mol. The minimum atomic E-state index is -5.10. The van der Waals surface area contributed by atoms with Crippen molar-refractivity contribution >= 4 is 7.60 Å². The molecule has 0 heterocycles. The summed E-state index contributed by atoms with van der Waals surface area (Å²) in [5.74, 6) is 0. The summed E-state index contributed by atoms with van der Waals surface area (Å²) < 4.78 is 46.5. The van der Waals surface area contributed by atoms with E-state index in [4.69, 9.17) is 9.79 Å². The smallest absolute Gasteiger partial charge is 0.324 e. The van der Waals surface area contributed by atoms with Crippen LogP contribution in [0.4, 0.5) is 13.2 Å². The summed E-state index contributed by atoms with van der Waals surface area (Å²) in [6.45, 7) is 3.18. The van der Waals surface area contributed by atoms with Crippen LogP contribution in [0.3, 0.4) is 0 Å². The van der Waals surface area contributed by atoms with Gasteiger partial charge in [0, 0.05) is 0 Å². The van der Waals surface area contributed by atoms with Gasteiger partial charge in [0.15, 0.2) is 5.66 Å². The van der Waals surface area contributed by atoms with Crippen molar-refractivity contribution in [1.82, 2.24) is 0 Å². The summed E-state index contributed by atoms with van der Waals surface area (Å²) >= 11 is 0. The number of hydrogen-bond acceptors (Lipinski definition) is 1. The standard InChI is InChI=1S/C6H10F3O3P/c1-2-3-4-5(6(7,8)9)13(10,11)12/h2,5H,1,3-4H2,(H2,10,11,12). The van der Waals surface area contributed by atoms with Crippen molar-refractivity contribution in [3.63, 3.8) is 0 Å². The highest BCUT2D eigenvalue weighted by molar-refractivity contribution is 7.52. The SMILES string of the molecule is C=CCCC(C(F)(F)F)P(=O)(O)O. The van der Waals surface area contributed by atoms with E-state index in [-0.39, 0.29) is 6.42 Å². The second kappa shape index (κ2) is 4.26. The van der Waals surface area contributed by atoms with Crippen molar-refractivity contribution in [3.05, 3.63) is 12.7 Å². The van der Waals surface area contributed by atoms with Crippen LogP contribution >= 0.6 is 7.60 Å². The maximum Gasteiger partial charge on any atom is 0.403 e. The van der Waals surface area contributed by atoms with Gasteiger partial charge in [0.25, 0.3) is 0 Å². The van der Waals surface area contributed by atoms with Gasteiger partial charge in [-0.05, 0) is 12.8 Å². The Morgan fingerprint density at radius 3 is 2.15 bits per heavy atom. The molecule has 0 aliphatic heterocycles. The minimum absolute atomic E-state index is 0.0741. The van der Waals surface area contributed by atoms with Crippen LogP contribution < -0.4 is 0 Å². The van der Waals surface area contributed by atoms with E-state index in [1.165, 1.54) is 6.08 Å². The zero-order valence-electron chi connectivity index (χ0n) is 6.66.